The smallest absolute Gasteiger partial charge is 0.307 e. The maximum Gasteiger partial charge on any atom is 0.307 e. The zero-order valence-electron chi connectivity index (χ0n) is 12.9. The van der Waals surface area contributed by atoms with Gasteiger partial charge in [-0.3, -0.25) is 24.5 Å². The highest BCUT2D eigenvalue weighted by atomic mass is 16.4. The number of fused-ring (bicyclic) bond motifs is 1. The van der Waals surface area contributed by atoms with E-state index in [-0.39, 0.29) is 30.6 Å². The van der Waals surface area contributed by atoms with Crippen LogP contribution in [-0.2, 0) is 20.8 Å². The van der Waals surface area contributed by atoms with E-state index in [1.165, 1.54) is 0 Å². The van der Waals surface area contributed by atoms with Crippen molar-refractivity contribution in [3.63, 3.8) is 0 Å². The molecule has 1 fully saturated rings. The molecule has 24 heavy (non-hydrogen) atoms. The summed E-state index contributed by atoms with van der Waals surface area (Å²) in [5.74, 6) is -2.01. The summed E-state index contributed by atoms with van der Waals surface area (Å²) >= 11 is 0. The maximum atomic E-state index is 12.9. The van der Waals surface area contributed by atoms with Crippen LogP contribution in [0.3, 0.4) is 0 Å². The number of carboxylic acid groups (broad SMARTS) is 1. The third-order valence-corrected chi connectivity index (χ3v) is 4.07. The Morgan fingerprint density at radius 2 is 2.12 bits per heavy atom. The molecule has 0 bridgehead atoms. The van der Waals surface area contributed by atoms with Gasteiger partial charge in [0.25, 0.3) is 11.5 Å². The molecule has 2 amide bonds. The van der Waals surface area contributed by atoms with Gasteiger partial charge in [-0.05, 0) is 18.9 Å². The van der Waals surface area contributed by atoms with Gasteiger partial charge < -0.3 is 5.11 Å². The van der Waals surface area contributed by atoms with Crippen LogP contribution >= 0.6 is 0 Å². The molecule has 1 aromatic heterocycles. The van der Waals surface area contributed by atoms with E-state index in [0.29, 0.717) is 16.6 Å². The number of aromatic nitrogens is 2. The van der Waals surface area contributed by atoms with Crippen LogP contribution in [0.2, 0.25) is 0 Å². The van der Waals surface area contributed by atoms with Crippen molar-refractivity contribution >= 4 is 28.6 Å². The Labute approximate surface area is 136 Å². The second-order valence-corrected chi connectivity index (χ2v) is 5.71. The lowest BCUT2D eigenvalue weighted by Crippen LogP contribution is -2.45. The molecule has 0 aliphatic carbocycles. The van der Waals surface area contributed by atoms with Gasteiger partial charge >= 0.3 is 5.97 Å². The molecule has 2 N–H and O–H groups in total. The Balaban J connectivity index is 2.22. The van der Waals surface area contributed by atoms with Gasteiger partial charge in [-0.15, -0.1) is 0 Å². The van der Waals surface area contributed by atoms with E-state index in [2.05, 4.69) is 10.4 Å². The van der Waals surface area contributed by atoms with Crippen LogP contribution in [0.5, 0.6) is 0 Å². The zero-order chi connectivity index (χ0) is 17.4. The number of aryl methyl sites for hydroxylation is 1. The van der Waals surface area contributed by atoms with Crippen LogP contribution in [0.1, 0.15) is 30.1 Å². The first-order valence-corrected chi connectivity index (χ1v) is 7.45. The predicted octanol–water partition coefficient (Wildman–Crippen LogP) is 0.310. The highest BCUT2D eigenvalue weighted by molar-refractivity contribution is 5.99. The van der Waals surface area contributed by atoms with Crippen LogP contribution < -0.4 is 10.9 Å². The van der Waals surface area contributed by atoms with E-state index in [1.54, 1.807) is 25.1 Å². The topological polar surface area (TPSA) is 118 Å². The highest BCUT2D eigenvalue weighted by Crippen LogP contribution is 2.21. The quantitative estimate of drug-likeness (QED) is 0.782. The lowest BCUT2D eigenvalue weighted by molar-refractivity contribution is -0.137. The maximum absolute atomic E-state index is 12.9. The molecule has 1 atom stereocenters. The van der Waals surface area contributed by atoms with Gasteiger partial charge in [-0.25, -0.2) is 4.68 Å². The van der Waals surface area contributed by atoms with E-state index in [1.807, 2.05) is 0 Å². The van der Waals surface area contributed by atoms with Crippen LogP contribution in [-0.4, -0.2) is 32.7 Å². The van der Waals surface area contributed by atoms with Gasteiger partial charge in [0.15, 0.2) is 0 Å². The Morgan fingerprint density at radius 3 is 2.79 bits per heavy atom. The SMILES string of the molecule is Cc1nn(C2CCC(=O)NC2=O)c(=O)c2c(CC(=O)O)cccc12. The summed E-state index contributed by atoms with van der Waals surface area (Å²) < 4.78 is 1.06. The zero-order valence-corrected chi connectivity index (χ0v) is 12.9. The number of carbonyl (C=O) groups excluding carboxylic acids is 2. The van der Waals surface area contributed by atoms with Gasteiger partial charge in [0.05, 0.1) is 17.5 Å². The molecule has 0 spiro atoms. The van der Waals surface area contributed by atoms with Crippen molar-refractivity contribution < 1.29 is 19.5 Å². The molecule has 1 aromatic carbocycles. The van der Waals surface area contributed by atoms with Crippen molar-refractivity contribution in [2.75, 3.05) is 0 Å². The van der Waals surface area contributed by atoms with Crippen LogP contribution in [0.4, 0.5) is 0 Å². The summed E-state index contributed by atoms with van der Waals surface area (Å²) in [4.78, 5) is 47.2. The van der Waals surface area contributed by atoms with Crippen LogP contribution in [0, 0.1) is 6.92 Å². The number of carboxylic acids is 1. The summed E-state index contributed by atoms with van der Waals surface area (Å²) in [5, 5.41) is 16.3. The van der Waals surface area contributed by atoms with Crippen LogP contribution in [0.25, 0.3) is 10.8 Å². The van der Waals surface area contributed by atoms with Crippen molar-refractivity contribution in [2.24, 2.45) is 0 Å². The summed E-state index contributed by atoms with van der Waals surface area (Å²) in [6.45, 7) is 1.69. The first kappa shape index (κ1) is 15.9. The van der Waals surface area contributed by atoms with Gasteiger partial charge in [0, 0.05) is 11.8 Å². The van der Waals surface area contributed by atoms with E-state index >= 15 is 0 Å². The van der Waals surface area contributed by atoms with Gasteiger partial charge in [-0.1, -0.05) is 18.2 Å². The number of benzene rings is 1. The van der Waals surface area contributed by atoms with Crippen molar-refractivity contribution in [3.05, 3.63) is 39.8 Å². The van der Waals surface area contributed by atoms with Crippen molar-refractivity contribution in [1.29, 1.82) is 0 Å². The van der Waals surface area contributed by atoms with E-state index in [4.69, 9.17) is 5.11 Å². The molecule has 3 rings (SSSR count). The van der Waals surface area contributed by atoms with Crippen LogP contribution in [0.15, 0.2) is 23.0 Å². The Hall–Kier alpha value is -3.03. The fourth-order valence-corrected chi connectivity index (χ4v) is 2.97. The number of carbonyl (C=O) groups is 3. The molecule has 2 heterocycles. The van der Waals surface area contributed by atoms with Gasteiger partial charge in [0.1, 0.15) is 6.04 Å². The number of hydrogen-bond acceptors (Lipinski definition) is 5. The fraction of sp³-hybridized carbons (Fsp3) is 0.312. The molecule has 8 heteroatoms. The van der Waals surface area contributed by atoms with E-state index in [0.717, 1.165) is 4.68 Å². The standard InChI is InChI=1S/C16H15N3O5/c1-8-10-4-2-3-9(7-13(21)22)14(10)16(24)19(18-8)11-5-6-12(20)17-15(11)23/h2-4,11H,5-7H2,1H3,(H,21,22)(H,17,20,23). The largest absolute Gasteiger partial charge is 0.481 e. The number of piperidine rings is 1. The van der Waals surface area contributed by atoms with Crippen molar-refractivity contribution in [1.82, 2.24) is 15.1 Å². The number of nitrogens with one attached hydrogen (secondary N) is 1. The van der Waals surface area contributed by atoms with E-state index in [9.17, 15) is 19.2 Å². The fourth-order valence-electron chi connectivity index (χ4n) is 2.97. The molecule has 1 unspecified atom stereocenters. The summed E-state index contributed by atoms with van der Waals surface area (Å²) in [5.41, 5.74) is 0.361. The number of imide groups is 1. The molecule has 124 valence electrons. The number of amides is 2. The molecule has 8 nitrogen and oxygen atoms in total. The lowest BCUT2D eigenvalue weighted by atomic mass is 10.0. The third-order valence-electron chi connectivity index (χ3n) is 4.07. The van der Waals surface area contributed by atoms with Gasteiger partial charge in [0.2, 0.25) is 5.91 Å². The van der Waals surface area contributed by atoms with Crippen molar-refractivity contribution in [2.45, 2.75) is 32.2 Å². The molecule has 1 aliphatic heterocycles. The molecule has 0 radical (unpaired) electrons. The molecule has 1 aliphatic rings. The molecule has 1 saturated heterocycles. The third kappa shape index (κ3) is 2.66. The minimum absolute atomic E-state index is 0.123. The van der Waals surface area contributed by atoms with Gasteiger partial charge in [-0.2, -0.15) is 5.10 Å². The minimum Gasteiger partial charge on any atom is -0.481 e. The minimum atomic E-state index is -1.05. The average molecular weight is 329 g/mol. The molecule has 0 saturated carbocycles. The number of aliphatic carboxylic acids is 1. The van der Waals surface area contributed by atoms with E-state index < -0.39 is 23.5 Å². The normalized spacial score (nSPS) is 17.8. The average Bonchev–Trinajstić information content (AvgIpc) is 2.51. The van der Waals surface area contributed by atoms with Crippen molar-refractivity contribution in [3.8, 4) is 0 Å². The summed E-state index contributed by atoms with van der Waals surface area (Å²) in [6.07, 6.45) is 0.00733. The molecular weight excluding hydrogens is 314 g/mol. The molecular formula is C16H15N3O5. The summed E-state index contributed by atoms with van der Waals surface area (Å²) in [7, 11) is 0. The monoisotopic (exact) mass is 329 g/mol. The highest BCUT2D eigenvalue weighted by Gasteiger charge is 2.30. The second-order valence-electron chi connectivity index (χ2n) is 5.71. The number of hydrogen-bond donors (Lipinski definition) is 2. The first-order valence-electron chi connectivity index (χ1n) is 7.45. The number of rotatable bonds is 3. The molecule has 2 aromatic rings. The Kier molecular flexibility index (Phi) is 3.88. The lowest BCUT2D eigenvalue weighted by Gasteiger charge is -2.22. The second kappa shape index (κ2) is 5.88. The first-order chi connectivity index (χ1) is 11.4. The predicted molar refractivity (Wildman–Crippen MR) is 83.5 cm³/mol. The Bertz CT molecular complexity index is 931. The number of nitrogens with zero attached hydrogens (tertiary/aromatic N) is 2. The Morgan fingerprint density at radius 1 is 1.38 bits per heavy atom. The summed E-state index contributed by atoms with van der Waals surface area (Å²) in [6, 6.07) is 4.06.